The van der Waals surface area contributed by atoms with E-state index in [1.807, 2.05) is 24.3 Å². The lowest BCUT2D eigenvalue weighted by Gasteiger charge is -2.30. The molecule has 0 amide bonds. The van der Waals surface area contributed by atoms with E-state index in [-0.39, 0.29) is 6.04 Å². The molecule has 0 aliphatic carbocycles. The van der Waals surface area contributed by atoms with Crippen LogP contribution in [0.15, 0.2) is 35.0 Å². The van der Waals surface area contributed by atoms with Gasteiger partial charge in [0.05, 0.1) is 22.1 Å². The predicted molar refractivity (Wildman–Crippen MR) is 88.3 cm³/mol. The van der Waals surface area contributed by atoms with Crippen LogP contribution >= 0.6 is 11.6 Å². The number of rotatable bonds is 2. The van der Waals surface area contributed by atoms with Gasteiger partial charge in [0.25, 0.3) is 5.89 Å². The maximum absolute atomic E-state index is 6.24. The molecular formula is C16H16ClN5O. The summed E-state index contributed by atoms with van der Waals surface area (Å²) in [5.41, 5.74) is 1.57. The van der Waals surface area contributed by atoms with Gasteiger partial charge in [0.2, 0.25) is 0 Å². The number of pyridine rings is 1. The molecule has 1 aromatic carbocycles. The number of benzene rings is 1. The number of aromatic nitrogens is 3. The minimum absolute atomic E-state index is 0.118. The number of nitrogens with zero attached hydrogens (tertiary/aromatic N) is 4. The lowest BCUT2D eigenvalue weighted by atomic mass is 10.1. The van der Waals surface area contributed by atoms with Gasteiger partial charge in [-0.25, -0.2) is 0 Å². The van der Waals surface area contributed by atoms with Crippen LogP contribution in [-0.2, 0) is 0 Å². The maximum atomic E-state index is 6.24. The van der Waals surface area contributed by atoms with Crippen molar-refractivity contribution < 1.29 is 4.52 Å². The van der Waals surface area contributed by atoms with E-state index in [4.69, 9.17) is 16.1 Å². The SMILES string of the molecule is CN1CCNCC1c1noc(-c2ccc(Cl)c3cccnc23)n1. The van der Waals surface area contributed by atoms with Crippen LogP contribution in [0.5, 0.6) is 0 Å². The van der Waals surface area contributed by atoms with Gasteiger partial charge < -0.3 is 9.84 Å². The summed E-state index contributed by atoms with van der Waals surface area (Å²) in [7, 11) is 2.07. The van der Waals surface area contributed by atoms with Gasteiger partial charge in [0.1, 0.15) is 0 Å². The molecule has 118 valence electrons. The number of fused-ring (bicyclic) bond motifs is 1. The third-order valence-corrected chi connectivity index (χ3v) is 4.53. The molecule has 0 spiro atoms. The van der Waals surface area contributed by atoms with Crippen molar-refractivity contribution in [2.24, 2.45) is 0 Å². The molecule has 1 N–H and O–H groups in total. The standard InChI is InChI=1S/C16H16ClN5O/c1-22-8-7-18-9-13(22)15-20-16(23-21-15)11-4-5-12(17)10-3-2-6-19-14(10)11/h2-6,13,18H,7-9H2,1H3. The maximum Gasteiger partial charge on any atom is 0.260 e. The Morgan fingerprint density at radius 2 is 2.26 bits per heavy atom. The first kappa shape index (κ1) is 14.6. The molecule has 0 bridgehead atoms. The van der Waals surface area contributed by atoms with Gasteiger partial charge in [-0.15, -0.1) is 0 Å². The average molecular weight is 330 g/mol. The van der Waals surface area contributed by atoms with Crippen LogP contribution in [-0.4, -0.2) is 46.7 Å². The Morgan fingerprint density at radius 1 is 1.35 bits per heavy atom. The van der Waals surface area contributed by atoms with Gasteiger partial charge in [-0.05, 0) is 31.3 Å². The first-order chi connectivity index (χ1) is 11.2. The molecule has 23 heavy (non-hydrogen) atoms. The molecule has 3 heterocycles. The second-order valence-corrected chi connectivity index (χ2v) is 6.06. The Labute approximate surface area is 138 Å². The van der Waals surface area contributed by atoms with Gasteiger partial charge in [0.15, 0.2) is 5.82 Å². The van der Waals surface area contributed by atoms with Crippen LogP contribution in [0, 0.1) is 0 Å². The Bertz CT molecular complexity index is 849. The van der Waals surface area contributed by atoms with E-state index in [1.54, 1.807) is 6.20 Å². The molecule has 1 aliphatic heterocycles. The molecule has 1 aliphatic rings. The average Bonchev–Trinajstić information content (AvgIpc) is 3.05. The van der Waals surface area contributed by atoms with Crippen molar-refractivity contribution in [2.45, 2.75) is 6.04 Å². The fraction of sp³-hybridized carbons (Fsp3) is 0.312. The van der Waals surface area contributed by atoms with Gasteiger partial charge in [-0.2, -0.15) is 4.98 Å². The van der Waals surface area contributed by atoms with Crippen LogP contribution in [0.1, 0.15) is 11.9 Å². The van der Waals surface area contributed by atoms with E-state index >= 15 is 0 Å². The van der Waals surface area contributed by atoms with E-state index in [9.17, 15) is 0 Å². The molecule has 0 radical (unpaired) electrons. The lowest BCUT2D eigenvalue weighted by molar-refractivity contribution is 0.190. The minimum atomic E-state index is 0.118. The largest absolute Gasteiger partial charge is 0.334 e. The molecule has 1 atom stereocenters. The molecular weight excluding hydrogens is 314 g/mol. The molecule has 3 aromatic rings. The number of piperazine rings is 1. The van der Waals surface area contributed by atoms with E-state index in [1.165, 1.54) is 0 Å². The van der Waals surface area contributed by atoms with Crippen LogP contribution in [0.3, 0.4) is 0 Å². The second-order valence-electron chi connectivity index (χ2n) is 5.65. The Balaban J connectivity index is 1.76. The highest BCUT2D eigenvalue weighted by molar-refractivity contribution is 6.35. The van der Waals surface area contributed by atoms with Gasteiger partial charge in [-0.3, -0.25) is 9.88 Å². The summed E-state index contributed by atoms with van der Waals surface area (Å²) in [6.07, 6.45) is 1.73. The zero-order valence-corrected chi connectivity index (χ0v) is 13.4. The highest BCUT2D eigenvalue weighted by Crippen LogP contribution is 2.31. The Hall–Kier alpha value is -2.02. The third-order valence-electron chi connectivity index (χ3n) is 4.20. The summed E-state index contributed by atoms with van der Waals surface area (Å²) in [5.74, 6) is 1.16. The van der Waals surface area contributed by atoms with Crippen LogP contribution < -0.4 is 5.32 Å². The third kappa shape index (κ3) is 2.59. The molecule has 1 fully saturated rings. The number of nitrogens with one attached hydrogen (secondary N) is 1. The molecule has 1 saturated heterocycles. The molecule has 4 rings (SSSR count). The molecule has 6 nitrogen and oxygen atoms in total. The molecule has 1 unspecified atom stereocenters. The number of hydrogen-bond acceptors (Lipinski definition) is 6. The summed E-state index contributed by atoms with van der Waals surface area (Å²) < 4.78 is 5.50. The van der Waals surface area contributed by atoms with Crippen molar-refractivity contribution in [3.8, 4) is 11.5 Å². The monoisotopic (exact) mass is 329 g/mol. The highest BCUT2D eigenvalue weighted by atomic mass is 35.5. The summed E-state index contributed by atoms with van der Waals surface area (Å²) in [6.45, 7) is 2.75. The van der Waals surface area contributed by atoms with Gasteiger partial charge in [0, 0.05) is 31.2 Å². The predicted octanol–water partition coefficient (Wildman–Crippen LogP) is 2.51. The normalized spacial score (nSPS) is 19.3. The summed E-state index contributed by atoms with van der Waals surface area (Å²) in [4.78, 5) is 11.2. The van der Waals surface area contributed by atoms with Crippen molar-refractivity contribution in [3.63, 3.8) is 0 Å². The molecule has 0 saturated carbocycles. The molecule has 2 aromatic heterocycles. The topological polar surface area (TPSA) is 67.1 Å². The number of hydrogen-bond donors (Lipinski definition) is 1. The van der Waals surface area contributed by atoms with Crippen molar-refractivity contribution in [1.29, 1.82) is 0 Å². The molecule has 7 heteroatoms. The fourth-order valence-corrected chi connectivity index (χ4v) is 3.10. The summed E-state index contributed by atoms with van der Waals surface area (Å²) in [6, 6.07) is 7.62. The van der Waals surface area contributed by atoms with Gasteiger partial charge >= 0.3 is 0 Å². The van der Waals surface area contributed by atoms with Crippen molar-refractivity contribution >= 4 is 22.5 Å². The van der Waals surface area contributed by atoms with Crippen LogP contribution in [0.25, 0.3) is 22.4 Å². The zero-order valence-electron chi connectivity index (χ0n) is 12.7. The van der Waals surface area contributed by atoms with Crippen molar-refractivity contribution in [1.82, 2.24) is 25.3 Å². The quantitative estimate of drug-likeness (QED) is 0.779. The summed E-state index contributed by atoms with van der Waals surface area (Å²) >= 11 is 6.24. The van der Waals surface area contributed by atoms with E-state index in [0.717, 1.165) is 36.1 Å². The number of halogens is 1. The Kier molecular flexibility index (Phi) is 3.72. The van der Waals surface area contributed by atoms with Crippen molar-refractivity contribution in [2.75, 3.05) is 26.7 Å². The smallest absolute Gasteiger partial charge is 0.260 e. The second kappa shape index (κ2) is 5.88. The first-order valence-electron chi connectivity index (χ1n) is 7.52. The summed E-state index contributed by atoms with van der Waals surface area (Å²) in [5, 5.41) is 9.06. The highest BCUT2D eigenvalue weighted by Gasteiger charge is 2.26. The van der Waals surface area contributed by atoms with Crippen molar-refractivity contribution in [3.05, 3.63) is 41.3 Å². The van der Waals surface area contributed by atoms with Gasteiger partial charge in [-0.1, -0.05) is 16.8 Å². The fourth-order valence-electron chi connectivity index (χ4n) is 2.88. The lowest BCUT2D eigenvalue weighted by Crippen LogP contribution is -2.44. The first-order valence-corrected chi connectivity index (χ1v) is 7.90. The van der Waals surface area contributed by atoms with Crippen LogP contribution in [0.4, 0.5) is 0 Å². The zero-order chi connectivity index (χ0) is 15.8. The van der Waals surface area contributed by atoms with E-state index in [0.29, 0.717) is 16.7 Å². The Morgan fingerprint density at radius 3 is 3.13 bits per heavy atom. The van der Waals surface area contributed by atoms with Crippen LogP contribution in [0.2, 0.25) is 5.02 Å². The van der Waals surface area contributed by atoms with E-state index < -0.39 is 0 Å². The minimum Gasteiger partial charge on any atom is -0.334 e. The number of likely N-dealkylation sites (N-methyl/N-ethyl adjacent to an activating group) is 1. The van der Waals surface area contributed by atoms with E-state index in [2.05, 4.69) is 32.4 Å².